The first-order chi connectivity index (χ1) is 9.38. The van der Waals surface area contributed by atoms with Gasteiger partial charge >= 0.3 is 12.1 Å². The summed E-state index contributed by atoms with van der Waals surface area (Å²) in [6.07, 6.45) is -0.722. The van der Waals surface area contributed by atoms with Gasteiger partial charge in [-0.2, -0.15) is 23.4 Å². The molecule has 0 aromatic carbocycles. The molecule has 0 spiro atoms. The number of halogens is 3. The van der Waals surface area contributed by atoms with Crippen molar-refractivity contribution in [3.63, 3.8) is 0 Å². The Kier molecular flexibility index (Phi) is 3.77. The lowest BCUT2D eigenvalue weighted by Gasteiger charge is -2.07. The molecular formula is C11H11F3N4O2. The molecule has 0 radical (unpaired) electrons. The van der Waals surface area contributed by atoms with Gasteiger partial charge in [-0.25, -0.2) is 4.79 Å². The van der Waals surface area contributed by atoms with E-state index in [1.807, 2.05) is 5.10 Å². The molecule has 2 heterocycles. The number of aryl methyl sites for hydroxylation is 1. The van der Waals surface area contributed by atoms with Gasteiger partial charge in [0.25, 0.3) is 0 Å². The van der Waals surface area contributed by atoms with Crippen molar-refractivity contribution >= 4 is 5.97 Å². The van der Waals surface area contributed by atoms with Crippen molar-refractivity contribution in [2.24, 2.45) is 7.05 Å². The summed E-state index contributed by atoms with van der Waals surface area (Å²) < 4.78 is 43.9. The topological polar surface area (TPSA) is 72.8 Å². The Hall–Kier alpha value is -2.32. The molecule has 0 saturated carbocycles. The van der Waals surface area contributed by atoms with Crippen LogP contribution >= 0.6 is 0 Å². The van der Waals surface area contributed by atoms with Gasteiger partial charge < -0.3 is 4.74 Å². The average molecular weight is 288 g/mol. The lowest BCUT2D eigenvalue weighted by atomic mass is 10.2. The Balaban J connectivity index is 1.91. The number of ether oxygens (including phenoxy) is 1. The molecule has 0 aliphatic rings. The normalized spacial score (nSPS) is 11.6. The largest absolute Gasteiger partial charge is 0.462 e. The number of H-pyrrole nitrogens is 1. The molecule has 9 heteroatoms. The molecule has 0 bridgehead atoms. The summed E-state index contributed by atoms with van der Waals surface area (Å²) >= 11 is 0. The number of nitrogens with one attached hydrogen (secondary N) is 1. The Morgan fingerprint density at radius 3 is 2.80 bits per heavy atom. The first kappa shape index (κ1) is 14.1. The Morgan fingerprint density at radius 2 is 2.20 bits per heavy atom. The van der Waals surface area contributed by atoms with Crippen LogP contribution in [-0.2, 0) is 24.4 Å². The lowest BCUT2D eigenvalue weighted by molar-refractivity contribution is -0.141. The molecule has 1 N–H and O–H groups in total. The minimum atomic E-state index is -4.50. The summed E-state index contributed by atoms with van der Waals surface area (Å²) in [5.41, 5.74) is -0.720. The zero-order valence-electron chi connectivity index (χ0n) is 10.4. The maximum atomic E-state index is 12.5. The molecule has 0 amide bonds. The predicted molar refractivity (Wildman–Crippen MR) is 60.8 cm³/mol. The third kappa shape index (κ3) is 3.16. The number of aromatic amines is 1. The van der Waals surface area contributed by atoms with Gasteiger partial charge in [0.2, 0.25) is 0 Å². The molecule has 2 aromatic rings. The fourth-order valence-corrected chi connectivity index (χ4v) is 1.61. The highest BCUT2D eigenvalue weighted by Crippen LogP contribution is 2.30. The fourth-order valence-electron chi connectivity index (χ4n) is 1.61. The fraction of sp³-hybridized carbons (Fsp3) is 0.364. The van der Waals surface area contributed by atoms with Crippen LogP contribution in [0, 0.1) is 0 Å². The van der Waals surface area contributed by atoms with E-state index in [4.69, 9.17) is 4.74 Å². The summed E-state index contributed by atoms with van der Waals surface area (Å²) in [4.78, 5) is 11.5. The molecule has 0 fully saturated rings. The zero-order valence-corrected chi connectivity index (χ0v) is 10.4. The highest BCUT2D eigenvalue weighted by Gasteiger charge is 2.35. The van der Waals surface area contributed by atoms with Crippen molar-refractivity contribution in [3.8, 4) is 0 Å². The van der Waals surface area contributed by atoms with Crippen molar-refractivity contribution in [2.75, 3.05) is 6.61 Å². The molecule has 0 aliphatic carbocycles. The van der Waals surface area contributed by atoms with E-state index >= 15 is 0 Å². The Morgan fingerprint density at radius 1 is 1.45 bits per heavy atom. The second-order valence-electron chi connectivity index (χ2n) is 4.06. The van der Waals surface area contributed by atoms with E-state index in [0.29, 0.717) is 0 Å². The van der Waals surface area contributed by atoms with E-state index in [-0.39, 0.29) is 24.2 Å². The Labute approximate surface area is 111 Å². The number of alkyl halides is 3. The van der Waals surface area contributed by atoms with Crippen LogP contribution in [0.25, 0.3) is 0 Å². The molecule has 0 unspecified atom stereocenters. The minimum absolute atomic E-state index is 0.0449. The lowest BCUT2D eigenvalue weighted by Crippen LogP contribution is -2.12. The van der Waals surface area contributed by atoms with E-state index in [0.717, 1.165) is 6.20 Å². The second-order valence-corrected chi connectivity index (χ2v) is 4.06. The van der Waals surface area contributed by atoms with E-state index in [9.17, 15) is 18.0 Å². The number of aromatic nitrogens is 4. The molecular weight excluding hydrogens is 277 g/mol. The number of carbonyl (C=O) groups excluding carboxylic acids is 1. The molecule has 108 valence electrons. The van der Waals surface area contributed by atoms with Crippen molar-refractivity contribution in [1.82, 2.24) is 20.0 Å². The van der Waals surface area contributed by atoms with Crippen molar-refractivity contribution in [1.29, 1.82) is 0 Å². The highest BCUT2D eigenvalue weighted by molar-refractivity contribution is 5.88. The highest BCUT2D eigenvalue weighted by atomic mass is 19.4. The van der Waals surface area contributed by atoms with Gasteiger partial charge in [0.1, 0.15) is 5.69 Å². The summed E-state index contributed by atoms with van der Waals surface area (Å²) in [5, 5.41) is 9.03. The van der Waals surface area contributed by atoms with Crippen LogP contribution in [0.3, 0.4) is 0 Å². The van der Waals surface area contributed by atoms with Gasteiger partial charge in [-0.15, -0.1) is 0 Å². The maximum absolute atomic E-state index is 12.5. The number of esters is 1. The van der Waals surface area contributed by atoms with Gasteiger partial charge in [-0.05, 0) is 0 Å². The van der Waals surface area contributed by atoms with E-state index in [1.165, 1.54) is 17.1 Å². The number of rotatable bonds is 4. The molecule has 2 rings (SSSR count). The summed E-state index contributed by atoms with van der Waals surface area (Å²) in [6, 6.07) is 0. The second kappa shape index (κ2) is 5.35. The molecule has 0 saturated heterocycles. The molecule has 2 aromatic heterocycles. The molecule has 0 atom stereocenters. The first-order valence-electron chi connectivity index (χ1n) is 5.63. The quantitative estimate of drug-likeness (QED) is 0.867. The number of carbonyl (C=O) groups is 1. The monoisotopic (exact) mass is 288 g/mol. The van der Waals surface area contributed by atoms with E-state index < -0.39 is 17.8 Å². The summed E-state index contributed by atoms with van der Waals surface area (Å²) in [6.45, 7) is -0.170. The maximum Gasteiger partial charge on any atom is 0.433 e. The predicted octanol–water partition coefficient (Wildman–Crippen LogP) is 1.56. The van der Waals surface area contributed by atoms with Crippen molar-refractivity contribution in [3.05, 3.63) is 35.4 Å². The van der Waals surface area contributed by atoms with Crippen LogP contribution in [0.5, 0.6) is 0 Å². The van der Waals surface area contributed by atoms with Gasteiger partial charge in [-0.3, -0.25) is 9.78 Å². The van der Waals surface area contributed by atoms with Gasteiger partial charge in [-0.1, -0.05) is 0 Å². The van der Waals surface area contributed by atoms with Crippen LogP contribution in [0.4, 0.5) is 13.2 Å². The third-order valence-electron chi connectivity index (χ3n) is 2.55. The number of nitrogens with zero attached hydrogens (tertiary/aromatic N) is 3. The summed E-state index contributed by atoms with van der Waals surface area (Å²) in [7, 11) is 1.64. The SMILES string of the molecule is Cn1cc(C(=O)OCCc2cn[nH]c2C(F)(F)F)cn1. The molecule has 20 heavy (non-hydrogen) atoms. The average Bonchev–Trinajstić information content (AvgIpc) is 2.96. The van der Waals surface area contributed by atoms with Crippen LogP contribution in [0.15, 0.2) is 18.6 Å². The van der Waals surface area contributed by atoms with Crippen LogP contribution in [0.1, 0.15) is 21.6 Å². The van der Waals surface area contributed by atoms with Crippen molar-refractivity contribution < 1.29 is 22.7 Å². The third-order valence-corrected chi connectivity index (χ3v) is 2.55. The summed E-state index contributed by atoms with van der Waals surface area (Å²) in [5.74, 6) is -0.629. The number of hydrogen-bond donors (Lipinski definition) is 1. The smallest absolute Gasteiger partial charge is 0.433 e. The standard InChI is InChI=1S/C11H11F3N4O2/c1-18-6-8(5-16-18)10(19)20-3-2-7-4-15-17-9(7)11(12,13)14/h4-6H,2-3H2,1H3,(H,15,17). The Bertz CT molecular complexity index is 603. The van der Waals surface area contributed by atoms with E-state index in [1.54, 1.807) is 7.05 Å². The van der Waals surface area contributed by atoms with Crippen LogP contribution < -0.4 is 0 Å². The van der Waals surface area contributed by atoms with E-state index in [2.05, 4.69) is 10.2 Å². The van der Waals surface area contributed by atoms with Crippen molar-refractivity contribution in [2.45, 2.75) is 12.6 Å². The van der Waals surface area contributed by atoms with Gasteiger partial charge in [0.15, 0.2) is 0 Å². The van der Waals surface area contributed by atoms with Crippen LogP contribution in [0.2, 0.25) is 0 Å². The molecule has 0 aliphatic heterocycles. The van der Waals surface area contributed by atoms with Gasteiger partial charge in [0, 0.05) is 25.2 Å². The van der Waals surface area contributed by atoms with Crippen LogP contribution in [-0.4, -0.2) is 32.6 Å². The minimum Gasteiger partial charge on any atom is -0.462 e. The molecule has 6 nitrogen and oxygen atoms in total. The first-order valence-corrected chi connectivity index (χ1v) is 5.63. The van der Waals surface area contributed by atoms with Gasteiger partial charge in [0.05, 0.1) is 24.6 Å². The zero-order chi connectivity index (χ0) is 14.8. The number of hydrogen-bond acceptors (Lipinski definition) is 4.